The molecule has 1 aliphatic heterocycles. The predicted molar refractivity (Wildman–Crippen MR) is 115 cm³/mol. The highest BCUT2D eigenvalue weighted by Crippen LogP contribution is 2.43. The number of aryl methyl sites for hydroxylation is 2. The highest BCUT2D eigenvalue weighted by atomic mass is 19.4. The third-order valence-electron chi connectivity index (χ3n) is 5.58. The molecule has 1 amide bonds. The summed E-state index contributed by atoms with van der Waals surface area (Å²) in [5, 5.41) is 9.84. The Kier molecular flexibility index (Phi) is 5.58. The second-order valence-electron chi connectivity index (χ2n) is 7.90. The van der Waals surface area contributed by atoms with Crippen LogP contribution in [0.4, 0.5) is 24.7 Å². The second kappa shape index (κ2) is 8.22. The van der Waals surface area contributed by atoms with Gasteiger partial charge in [0.1, 0.15) is 11.6 Å². The van der Waals surface area contributed by atoms with Crippen molar-refractivity contribution in [3.8, 4) is 5.75 Å². The Bertz CT molecular complexity index is 1140. The SMILES string of the molecule is COc1ccc([C@@H]2C[C@@H](C(F)(F)F)n3nc(C(=O)Nc4cc(C)ccc4C)cc3N2)cc1. The lowest BCUT2D eigenvalue weighted by Crippen LogP contribution is -2.35. The highest BCUT2D eigenvalue weighted by Gasteiger charge is 2.46. The van der Waals surface area contributed by atoms with Crippen LogP contribution in [0, 0.1) is 13.8 Å². The summed E-state index contributed by atoms with van der Waals surface area (Å²) in [4.78, 5) is 12.8. The molecule has 3 aromatic rings. The van der Waals surface area contributed by atoms with E-state index in [0.29, 0.717) is 17.0 Å². The topological polar surface area (TPSA) is 68.2 Å². The average Bonchev–Trinajstić information content (AvgIpc) is 3.19. The van der Waals surface area contributed by atoms with Gasteiger partial charge in [-0.15, -0.1) is 0 Å². The van der Waals surface area contributed by atoms with Crippen molar-refractivity contribution in [2.24, 2.45) is 0 Å². The molecule has 4 rings (SSSR count). The number of carbonyl (C=O) groups excluding carboxylic acids is 1. The molecule has 9 heteroatoms. The van der Waals surface area contributed by atoms with Crippen LogP contribution in [0.25, 0.3) is 0 Å². The van der Waals surface area contributed by atoms with Gasteiger partial charge < -0.3 is 15.4 Å². The van der Waals surface area contributed by atoms with Crippen molar-refractivity contribution >= 4 is 17.4 Å². The van der Waals surface area contributed by atoms with Crippen LogP contribution >= 0.6 is 0 Å². The lowest BCUT2D eigenvalue weighted by molar-refractivity contribution is -0.173. The minimum atomic E-state index is -4.52. The maximum atomic E-state index is 13.9. The van der Waals surface area contributed by atoms with Gasteiger partial charge >= 0.3 is 6.18 Å². The molecule has 2 N–H and O–H groups in total. The number of aromatic nitrogens is 2. The van der Waals surface area contributed by atoms with E-state index in [0.717, 1.165) is 15.8 Å². The minimum absolute atomic E-state index is 0.0852. The lowest BCUT2D eigenvalue weighted by Gasteiger charge is -2.33. The Balaban J connectivity index is 1.64. The van der Waals surface area contributed by atoms with Crippen LogP contribution in [0.2, 0.25) is 0 Å². The van der Waals surface area contributed by atoms with Gasteiger partial charge in [-0.25, -0.2) is 4.68 Å². The molecule has 2 aromatic carbocycles. The number of hydrogen-bond donors (Lipinski definition) is 2. The number of nitrogens with one attached hydrogen (secondary N) is 2. The van der Waals surface area contributed by atoms with E-state index in [2.05, 4.69) is 15.7 Å². The van der Waals surface area contributed by atoms with E-state index in [1.807, 2.05) is 26.0 Å². The minimum Gasteiger partial charge on any atom is -0.497 e. The number of alkyl halides is 3. The van der Waals surface area contributed by atoms with Crippen molar-refractivity contribution in [1.29, 1.82) is 0 Å². The van der Waals surface area contributed by atoms with Crippen molar-refractivity contribution in [2.75, 3.05) is 17.7 Å². The zero-order valence-electron chi connectivity index (χ0n) is 17.8. The van der Waals surface area contributed by atoms with Crippen molar-refractivity contribution < 1.29 is 22.7 Å². The number of rotatable bonds is 4. The zero-order chi connectivity index (χ0) is 23.0. The molecule has 0 radical (unpaired) electrons. The van der Waals surface area contributed by atoms with Gasteiger partial charge in [0, 0.05) is 18.2 Å². The van der Waals surface area contributed by atoms with Crippen molar-refractivity contribution in [2.45, 2.75) is 38.5 Å². The van der Waals surface area contributed by atoms with Crippen molar-refractivity contribution in [3.63, 3.8) is 0 Å². The number of methoxy groups -OCH3 is 1. The molecule has 2 atom stereocenters. The molecule has 0 aliphatic carbocycles. The van der Waals surface area contributed by atoms with E-state index in [4.69, 9.17) is 4.74 Å². The van der Waals surface area contributed by atoms with Crippen molar-refractivity contribution in [3.05, 3.63) is 70.9 Å². The molecule has 0 saturated heterocycles. The quantitative estimate of drug-likeness (QED) is 0.564. The second-order valence-corrected chi connectivity index (χ2v) is 7.90. The third kappa shape index (κ3) is 4.28. The van der Waals surface area contributed by atoms with E-state index in [-0.39, 0.29) is 17.9 Å². The van der Waals surface area contributed by atoms with Crippen LogP contribution in [0.3, 0.4) is 0 Å². The summed E-state index contributed by atoms with van der Waals surface area (Å²) in [6, 6.07) is 11.4. The third-order valence-corrected chi connectivity index (χ3v) is 5.58. The largest absolute Gasteiger partial charge is 0.497 e. The van der Waals surface area contributed by atoms with Gasteiger partial charge in [0.05, 0.1) is 13.2 Å². The smallest absolute Gasteiger partial charge is 0.410 e. The molecule has 0 unspecified atom stereocenters. The molecule has 168 valence electrons. The molecule has 0 spiro atoms. The number of ether oxygens (including phenoxy) is 1. The molecule has 1 aliphatic rings. The van der Waals surface area contributed by atoms with E-state index in [9.17, 15) is 18.0 Å². The maximum Gasteiger partial charge on any atom is 0.410 e. The number of fused-ring (bicyclic) bond motifs is 1. The first kappa shape index (κ1) is 21.7. The van der Waals surface area contributed by atoms with Gasteiger partial charge in [-0.05, 0) is 48.7 Å². The first-order valence-electron chi connectivity index (χ1n) is 10.1. The molecule has 6 nitrogen and oxygen atoms in total. The van der Waals surface area contributed by atoms with Crippen LogP contribution in [0.1, 0.15) is 45.7 Å². The molecular formula is C23H23F3N4O2. The Labute approximate surface area is 183 Å². The van der Waals surface area contributed by atoms with Gasteiger partial charge in [0.25, 0.3) is 5.91 Å². The predicted octanol–water partition coefficient (Wildman–Crippen LogP) is 5.42. The summed E-state index contributed by atoms with van der Waals surface area (Å²) in [6.07, 6.45) is -4.77. The summed E-state index contributed by atoms with van der Waals surface area (Å²) in [6.45, 7) is 3.73. The highest BCUT2D eigenvalue weighted by molar-refractivity contribution is 6.03. The number of amides is 1. The van der Waals surface area contributed by atoms with Gasteiger partial charge in [-0.3, -0.25) is 4.79 Å². The summed E-state index contributed by atoms with van der Waals surface area (Å²) in [7, 11) is 1.52. The van der Waals surface area contributed by atoms with Gasteiger partial charge in [0.15, 0.2) is 11.7 Å². The summed E-state index contributed by atoms with van der Waals surface area (Å²) in [5.41, 5.74) is 3.00. The Morgan fingerprint density at radius 3 is 2.53 bits per heavy atom. The molecule has 0 fully saturated rings. The van der Waals surface area contributed by atoms with Crippen LogP contribution in [0.15, 0.2) is 48.5 Å². The molecular weight excluding hydrogens is 421 g/mol. The monoisotopic (exact) mass is 444 g/mol. The van der Waals surface area contributed by atoms with Crippen LogP contribution in [-0.2, 0) is 0 Å². The standard InChI is InChI=1S/C23H23F3N4O2/c1-13-4-5-14(2)17(10-13)28-22(31)19-12-21-27-18(15-6-8-16(32-3)9-7-15)11-20(23(24,25)26)30(21)29-19/h4-10,12,18,20,27H,11H2,1-3H3,(H,28,31)/t18-,20-/m0/s1. The summed E-state index contributed by atoms with van der Waals surface area (Å²) >= 11 is 0. The van der Waals surface area contributed by atoms with Gasteiger partial charge in [-0.1, -0.05) is 24.3 Å². The first-order chi connectivity index (χ1) is 15.2. The number of carbonyl (C=O) groups is 1. The number of nitrogens with zero attached hydrogens (tertiary/aromatic N) is 2. The average molecular weight is 444 g/mol. The molecule has 1 aromatic heterocycles. The van der Waals surface area contributed by atoms with Crippen LogP contribution < -0.4 is 15.4 Å². The number of anilines is 2. The number of halogens is 3. The molecule has 32 heavy (non-hydrogen) atoms. The summed E-state index contributed by atoms with van der Waals surface area (Å²) < 4.78 is 47.6. The number of benzene rings is 2. The van der Waals surface area contributed by atoms with E-state index in [1.165, 1.54) is 13.2 Å². The van der Waals surface area contributed by atoms with Crippen LogP contribution in [0.5, 0.6) is 5.75 Å². The summed E-state index contributed by atoms with van der Waals surface area (Å²) in [5.74, 6) is 0.196. The molecule has 0 bridgehead atoms. The fraction of sp³-hybridized carbons (Fsp3) is 0.304. The van der Waals surface area contributed by atoms with E-state index >= 15 is 0 Å². The fourth-order valence-corrected chi connectivity index (χ4v) is 3.80. The Morgan fingerprint density at radius 1 is 1.16 bits per heavy atom. The lowest BCUT2D eigenvalue weighted by atomic mass is 9.97. The molecule has 0 saturated carbocycles. The first-order valence-corrected chi connectivity index (χ1v) is 10.1. The Morgan fingerprint density at radius 2 is 1.88 bits per heavy atom. The van der Waals surface area contributed by atoms with E-state index in [1.54, 1.807) is 30.3 Å². The van der Waals surface area contributed by atoms with E-state index < -0.39 is 24.2 Å². The zero-order valence-corrected chi connectivity index (χ0v) is 17.8. The normalized spacial score (nSPS) is 17.9. The van der Waals surface area contributed by atoms with Crippen molar-refractivity contribution in [1.82, 2.24) is 9.78 Å². The van der Waals surface area contributed by atoms with Gasteiger partial charge in [-0.2, -0.15) is 18.3 Å². The number of hydrogen-bond acceptors (Lipinski definition) is 4. The Hall–Kier alpha value is -3.49. The maximum absolute atomic E-state index is 13.9. The van der Waals surface area contributed by atoms with Gasteiger partial charge in [0.2, 0.25) is 0 Å². The molecule has 2 heterocycles. The fourth-order valence-electron chi connectivity index (χ4n) is 3.80. The van der Waals surface area contributed by atoms with Crippen LogP contribution in [-0.4, -0.2) is 29.0 Å².